The fourth-order valence-electron chi connectivity index (χ4n) is 5.94. The minimum absolute atomic E-state index is 0.0271. The first-order valence-corrected chi connectivity index (χ1v) is 19.5. The smallest absolute Gasteiger partial charge is 0.308 e. The molecule has 17 nitrogen and oxygen atoms in total. The molecule has 0 bridgehead atoms. The second kappa shape index (κ2) is 21.6. The lowest BCUT2D eigenvalue weighted by Gasteiger charge is -2.29. The van der Waals surface area contributed by atoms with Crippen LogP contribution < -0.4 is 42.7 Å². The highest BCUT2D eigenvalue weighted by Crippen LogP contribution is 2.18. The largest absolute Gasteiger partial charge is 0.595 e. The van der Waals surface area contributed by atoms with Gasteiger partial charge in [-0.1, -0.05) is 69.8 Å². The zero-order valence-corrected chi connectivity index (χ0v) is 34.3. The van der Waals surface area contributed by atoms with Crippen LogP contribution in [0.25, 0.3) is 10.8 Å². The molecule has 0 saturated carbocycles. The van der Waals surface area contributed by atoms with Crippen molar-refractivity contribution >= 4 is 52.4 Å². The van der Waals surface area contributed by atoms with E-state index in [1.807, 2.05) is 42.5 Å². The third-order valence-electron chi connectivity index (χ3n) is 8.58. The van der Waals surface area contributed by atoms with E-state index in [-0.39, 0.29) is 31.6 Å². The molecule has 5 amide bonds. The van der Waals surface area contributed by atoms with Crippen LogP contribution in [0.1, 0.15) is 85.6 Å². The van der Waals surface area contributed by atoms with Crippen molar-refractivity contribution in [1.82, 2.24) is 31.9 Å². The predicted octanol–water partition coefficient (Wildman–Crippen LogP) is 0.685. The summed E-state index contributed by atoms with van der Waals surface area (Å²) in [5.74, 6) is -4.35. The van der Waals surface area contributed by atoms with Gasteiger partial charge in [0.25, 0.3) is 0 Å². The van der Waals surface area contributed by atoms with Gasteiger partial charge in [-0.2, -0.15) is 0 Å². The second-order valence-electron chi connectivity index (χ2n) is 16.1. The zero-order valence-electron chi connectivity index (χ0n) is 34.3. The number of hydrogen-bond donors (Lipinski definition) is 7. The summed E-state index contributed by atoms with van der Waals surface area (Å²) in [6.45, 7) is 13.5. The number of nitrogens with one attached hydrogen (secondary N) is 6. The number of nitrogens with two attached hydrogens (primary N) is 1. The van der Waals surface area contributed by atoms with Gasteiger partial charge in [0.1, 0.15) is 35.9 Å². The Hall–Kier alpha value is -5.87. The van der Waals surface area contributed by atoms with Crippen molar-refractivity contribution in [2.75, 3.05) is 19.6 Å². The number of fused-ring (bicyclic) bond motifs is 1. The molecule has 1 aliphatic heterocycles. The van der Waals surface area contributed by atoms with E-state index in [9.17, 15) is 33.9 Å². The maximum atomic E-state index is 14.3. The van der Waals surface area contributed by atoms with Crippen LogP contribution >= 0.6 is 0 Å². The van der Waals surface area contributed by atoms with Gasteiger partial charge in [0.15, 0.2) is 0 Å². The molecule has 0 unspecified atom stereocenters. The van der Waals surface area contributed by atoms with Gasteiger partial charge in [0.2, 0.25) is 29.5 Å². The third kappa shape index (κ3) is 17.1. The van der Waals surface area contributed by atoms with E-state index in [0.29, 0.717) is 31.4 Å². The van der Waals surface area contributed by atoms with Crippen molar-refractivity contribution in [1.29, 1.82) is 0 Å². The number of rotatable bonds is 14. The minimum atomic E-state index is -1.49. The topological polar surface area (TPSA) is 254 Å². The molecule has 8 N–H and O–H groups in total. The molecular weight excluding hydrogens is 748 g/mol. The quantitative estimate of drug-likeness (QED) is 0.0605. The summed E-state index contributed by atoms with van der Waals surface area (Å²) in [5, 5.41) is 30.0. The maximum absolute atomic E-state index is 14.3. The summed E-state index contributed by atoms with van der Waals surface area (Å²) in [7, 11) is 0. The summed E-state index contributed by atoms with van der Waals surface area (Å²) < 4.78 is 10.7. The second-order valence-corrected chi connectivity index (χ2v) is 16.1. The van der Waals surface area contributed by atoms with Gasteiger partial charge in [-0.15, -0.1) is 0 Å². The number of aliphatic imine (C=N–C) groups is 1. The standard InChI is InChI=1S/C41H60N8O9/c1-25(42)43-20-12-16-29-35(52)45-24-33(50)46-32(23-34(51)57-40(2,3)4)38(55)49-31(22-26-17-18-27-13-8-9-14-28(27)21-26)37(54)48-30(36(53)47-29)15-10-11-19-44-39(56)58-41(5,6)7/h8-9,13-14,17-18,21,29-32,43H,1,10-12,15-16,19-20,22-24,42H2,2-7H3,(H,44,56)(H,45,52)(H,46,50)(H,47,53)(H,48,54)(H,49,55)/p-1/t29-,30-,31+,32-/m0/s1. The lowest BCUT2D eigenvalue weighted by Crippen LogP contribution is -2.58. The summed E-state index contributed by atoms with van der Waals surface area (Å²) >= 11 is 0. The van der Waals surface area contributed by atoms with Gasteiger partial charge in [0.05, 0.1) is 18.8 Å². The lowest BCUT2D eigenvalue weighted by atomic mass is 10.00. The molecule has 58 heavy (non-hydrogen) atoms. The molecule has 2 aromatic rings. The van der Waals surface area contributed by atoms with Crippen LogP contribution in [-0.2, 0) is 44.7 Å². The summed E-state index contributed by atoms with van der Waals surface area (Å²) in [6, 6.07) is 8.04. The molecule has 4 atom stereocenters. The van der Waals surface area contributed by atoms with E-state index in [4.69, 9.17) is 15.2 Å². The highest BCUT2D eigenvalue weighted by Gasteiger charge is 2.34. The van der Waals surface area contributed by atoms with Gasteiger partial charge in [-0.25, -0.2) is 0 Å². The number of nitrogens with zero attached hydrogens (tertiary/aromatic N) is 1. The Morgan fingerprint density at radius 1 is 0.793 bits per heavy atom. The van der Waals surface area contributed by atoms with Crippen molar-refractivity contribution < 1.29 is 43.3 Å². The van der Waals surface area contributed by atoms with E-state index in [1.54, 1.807) is 41.5 Å². The number of amides is 5. The van der Waals surface area contributed by atoms with E-state index in [1.165, 1.54) is 0 Å². The highest BCUT2D eigenvalue weighted by atomic mass is 16.6. The highest BCUT2D eigenvalue weighted by molar-refractivity contribution is 5.98. The fraction of sp³-hybridized carbons (Fsp3) is 0.537. The van der Waals surface area contributed by atoms with Gasteiger partial charge < -0.3 is 52.2 Å². The van der Waals surface area contributed by atoms with Crippen LogP contribution in [0.15, 0.2) is 59.9 Å². The normalized spacial score (nSPS) is 20.3. The molecule has 3 rings (SSSR count). The van der Waals surface area contributed by atoms with Crippen LogP contribution in [0.3, 0.4) is 0 Å². The Labute approximate surface area is 339 Å². The molecule has 0 aromatic heterocycles. The Morgan fingerprint density at radius 3 is 2.03 bits per heavy atom. The van der Waals surface area contributed by atoms with E-state index in [2.05, 4.69) is 43.5 Å². The van der Waals surface area contributed by atoms with E-state index in [0.717, 1.165) is 10.8 Å². The van der Waals surface area contributed by atoms with Crippen LogP contribution in [0, 0.1) is 0 Å². The minimum Gasteiger partial charge on any atom is -0.595 e. The number of carbonyl (C=O) groups excluding carboxylic acids is 6. The number of benzene rings is 2. The van der Waals surface area contributed by atoms with Crippen LogP contribution in [0.2, 0.25) is 0 Å². The number of carbonyl (C=O) groups is 6. The molecule has 0 aliphatic carbocycles. The molecule has 1 aliphatic rings. The predicted molar refractivity (Wildman–Crippen MR) is 216 cm³/mol. The molecule has 2 aromatic carbocycles. The van der Waals surface area contributed by atoms with Crippen LogP contribution in [0.5, 0.6) is 0 Å². The summed E-state index contributed by atoms with van der Waals surface area (Å²) in [5.41, 5.74) is 4.67. The fourth-order valence-corrected chi connectivity index (χ4v) is 5.94. The molecule has 17 heteroatoms. The number of ether oxygens (including phenoxy) is 2. The molecule has 0 radical (unpaired) electrons. The Morgan fingerprint density at radius 2 is 1.38 bits per heavy atom. The van der Waals surface area contributed by atoms with E-state index >= 15 is 0 Å². The summed E-state index contributed by atoms with van der Waals surface area (Å²) in [4.78, 5) is 85.7. The average Bonchev–Trinajstić information content (AvgIpc) is 3.11. The maximum Gasteiger partial charge on any atom is 0.308 e. The number of esters is 1. The summed E-state index contributed by atoms with van der Waals surface area (Å²) in [6.07, 6.45) is -0.111. The Bertz CT molecular complexity index is 1820. The van der Waals surface area contributed by atoms with Crippen molar-refractivity contribution in [2.24, 2.45) is 10.7 Å². The van der Waals surface area contributed by atoms with Crippen molar-refractivity contribution in [3.8, 4) is 0 Å². The lowest BCUT2D eigenvalue weighted by molar-refractivity contribution is -0.260. The van der Waals surface area contributed by atoms with E-state index < -0.39 is 89.9 Å². The molecule has 1 saturated heterocycles. The number of unbranched alkanes of at least 4 members (excludes halogenated alkanes) is 1. The van der Waals surface area contributed by atoms with Gasteiger partial charge in [0, 0.05) is 25.1 Å². The van der Waals surface area contributed by atoms with Gasteiger partial charge >= 0.3 is 5.97 Å². The average molecular weight is 808 g/mol. The third-order valence-corrected chi connectivity index (χ3v) is 8.58. The van der Waals surface area contributed by atoms with Crippen molar-refractivity contribution in [3.63, 3.8) is 0 Å². The first kappa shape index (κ1) is 46.5. The molecule has 318 valence electrons. The molecule has 0 spiro atoms. The first-order valence-electron chi connectivity index (χ1n) is 19.5. The number of hydrogen-bond acceptors (Lipinski definition) is 12. The SMILES string of the molecule is C=C(N)NCCC[C@@H]1NC(=O)[C@H](CCCCN=C([O-])OC(C)(C)C)NC(=O)[C@@H](Cc2ccc3ccccc3c2)NC(=O)[C@H](CC(=O)OC(C)(C)C)NC(=O)CNC1=O. The molecule has 1 heterocycles. The van der Waals surface area contributed by atoms with Crippen LogP contribution in [-0.4, -0.2) is 96.6 Å². The van der Waals surface area contributed by atoms with Gasteiger partial charge in [-0.3, -0.25) is 33.8 Å². The van der Waals surface area contributed by atoms with Gasteiger partial charge in [-0.05, 0) is 69.2 Å². The Balaban J connectivity index is 2.00. The first-order chi connectivity index (χ1) is 27.2. The molecular formula is C41H59N8O9-. The zero-order chi connectivity index (χ0) is 43.0. The van der Waals surface area contributed by atoms with Crippen LogP contribution in [0.4, 0.5) is 0 Å². The molecule has 1 fully saturated rings. The van der Waals surface area contributed by atoms with Crippen molar-refractivity contribution in [2.45, 2.75) is 122 Å². The Kier molecular flexibility index (Phi) is 17.3. The monoisotopic (exact) mass is 807 g/mol. The van der Waals surface area contributed by atoms with Crippen molar-refractivity contribution in [3.05, 3.63) is 60.4 Å².